The van der Waals surface area contributed by atoms with Crippen molar-refractivity contribution in [3.8, 4) is 0 Å². The van der Waals surface area contributed by atoms with Crippen molar-refractivity contribution in [2.75, 3.05) is 7.11 Å². The van der Waals surface area contributed by atoms with E-state index in [9.17, 15) is 0 Å². The van der Waals surface area contributed by atoms with E-state index in [-0.39, 0.29) is 0 Å². The predicted molar refractivity (Wildman–Crippen MR) is 40.2 cm³/mol. The Morgan fingerprint density at radius 3 is 2.56 bits per heavy atom. The monoisotopic (exact) mass is 126 g/mol. The number of methoxy groups -OCH3 is 1. The maximum Gasteiger partial charge on any atom is 0.114 e. The van der Waals surface area contributed by atoms with E-state index in [0.717, 1.165) is 12.2 Å². The molecule has 0 amide bonds. The maximum absolute atomic E-state index is 4.98. The van der Waals surface area contributed by atoms with Crippen LogP contribution in [-0.2, 0) is 4.74 Å². The van der Waals surface area contributed by atoms with E-state index in [1.165, 1.54) is 0 Å². The second-order valence-electron chi connectivity index (χ2n) is 1.71. The van der Waals surface area contributed by atoms with Gasteiger partial charge in [0.15, 0.2) is 0 Å². The molecular weight excluding hydrogens is 112 g/mol. The Labute approximate surface area is 57.0 Å². The molecule has 0 saturated carbocycles. The summed E-state index contributed by atoms with van der Waals surface area (Å²) in [6.45, 7) is 4.05. The SMILES string of the molecule is C/C=C(\C=C/CC)OC. The lowest BCUT2D eigenvalue weighted by molar-refractivity contribution is 0.306. The molecule has 0 aliphatic rings. The van der Waals surface area contributed by atoms with E-state index < -0.39 is 0 Å². The molecule has 0 fully saturated rings. The van der Waals surface area contributed by atoms with Crippen molar-refractivity contribution in [1.82, 2.24) is 0 Å². The van der Waals surface area contributed by atoms with Crippen LogP contribution in [0.4, 0.5) is 0 Å². The van der Waals surface area contributed by atoms with Gasteiger partial charge in [-0.2, -0.15) is 0 Å². The van der Waals surface area contributed by atoms with Gasteiger partial charge >= 0.3 is 0 Å². The van der Waals surface area contributed by atoms with Gasteiger partial charge in [-0.05, 0) is 25.5 Å². The van der Waals surface area contributed by atoms with E-state index in [4.69, 9.17) is 4.74 Å². The molecule has 1 heteroatoms. The second kappa shape index (κ2) is 5.42. The molecule has 0 bridgehead atoms. The number of ether oxygens (including phenoxy) is 1. The van der Waals surface area contributed by atoms with Crippen LogP contribution in [0.15, 0.2) is 24.0 Å². The molecule has 9 heavy (non-hydrogen) atoms. The first-order valence-corrected chi connectivity index (χ1v) is 3.22. The van der Waals surface area contributed by atoms with Crippen molar-refractivity contribution in [2.24, 2.45) is 0 Å². The molecule has 0 N–H and O–H groups in total. The van der Waals surface area contributed by atoms with Crippen LogP contribution in [-0.4, -0.2) is 7.11 Å². The Kier molecular flexibility index (Phi) is 4.98. The van der Waals surface area contributed by atoms with E-state index in [0.29, 0.717) is 0 Å². The Balaban J connectivity index is 3.70. The van der Waals surface area contributed by atoms with Gasteiger partial charge in [-0.15, -0.1) is 0 Å². The Bertz CT molecular complexity index is 112. The minimum Gasteiger partial charge on any atom is -0.497 e. The van der Waals surface area contributed by atoms with Crippen LogP contribution in [0.5, 0.6) is 0 Å². The lowest BCUT2D eigenvalue weighted by Crippen LogP contribution is -1.78. The Morgan fingerprint density at radius 2 is 2.22 bits per heavy atom. The first-order chi connectivity index (χ1) is 4.35. The van der Waals surface area contributed by atoms with Crippen LogP contribution in [0, 0.1) is 0 Å². The molecule has 0 atom stereocenters. The fourth-order valence-corrected chi connectivity index (χ4v) is 0.516. The largest absolute Gasteiger partial charge is 0.497 e. The van der Waals surface area contributed by atoms with E-state index in [2.05, 4.69) is 13.0 Å². The van der Waals surface area contributed by atoms with E-state index in [1.807, 2.05) is 19.1 Å². The number of hydrogen-bond acceptors (Lipinski definition) is 1. The molecule has 0 aromatic heterocycles. The van der Waals surface area contributed by atoms with Crippen LogP contribution in [0.3, 0.4) is 0 Å². The number of allylic oxidation sites excluding steroid dienone is 3. The molecule has 0 aliphatic carbocycles. The standard InChI is InChI=1S/C8H14O/c1-4-6-7-8(5-2)9-3/h5-7H,4H2,1-3H3/b7-6-,8-5+. The molecule has 0 heterocycles. The fourth-order valence-electron chi connectivity index (χ4n) is 0.516. The topological polar surface area (TPSA) is 9.23 Å². The first-order valence-electron chi connectivity index (χ1n) is 3.22. The van der Waals surface area contributed by atoms with E-state index in [1.54, 1.807) is 7.11 Å². The summed E-state index contributed by atoms with van der Waals surface area (Å²) in [5.74, 6) is 0.928. The smallest absolute Gasteiger partial charge is 0.114 e. The van der Waals surface area contributed by atoms with Crippen molar-refractivity contribution in [3.63, 3.8) is 0 Å². The van der Waals surface area contributed by atoms with Crippen LogP contribution < -0.4 is 0 Å². The molecule has 0 spiro atoms. The van der Waals surface area contributed by atoms with Crippen molar-refractivity contribution >= 4 is 0 Å². The van der Waals surface area contributed by atoms with Crippen LogP contribution in [0.2, 0.25) is 0 Å². The van der Waals surface area contributed by atoms with Gasteiger partial charge in [0.05, 0.1) is 7.11 Å². The summed E-state index contributed by atoms with van der Waals surface area (Å²) < 4.78 is 4.98. The molecule has 0 radical (unpaired) electrons. The van der Waals surface area contributed by atoms with Gasteiger partial charge < -0.3 is 4.74 Å². The number of hydrogen-bond donors (Lipinski definition) is 0. The molecule has 0 aliphatic heterocycles. The lowest BCUT2D eigenvalue weighted by Gasteiger charge is -1.95. The summed E-state index contributed by atoms with van der Waals surface area (Å²) in [6.07, 6.45) is 7.03. The van der Waals surface area contributed by atoms with Gasteiger partial charge in [0, 0.05) is 0 Å². The van der Waals surface area contributed by atoms with Crippen molar-refractivity contribution in [2.45, 2.75) is 20.3 Å². The highest BCUT2D eigenvalue weighted by molar-refractivity contribution is 5.10. The zero-order chi connectivity index (χ0) is 7.11. The lowest BCUT2D eigenvalue weighted by atomic mass is 10.3. The molecule has 0 rings (SSSR count). The summed E-state index contributed by atoms with van der Waals surface area (Å²) in [7, 11) is 1.68. The average Bonchev–Trinajstić information content (AvgIpc) is 1.91. The molecule has 0 saturated heterocycles. The van der Waals surface area contributed by atoms with Gasteiger partial charge in [0.25, 0.3) is 0 Å². The molecule has 1 nitrogen and oxygen atoms in total. The van der Waals surface area contributed by atoms with Gasteiger partial charge in [-0.25, -0.2) is 0 Å². The van der Waals surface area contributed by atoms with E-state index >= 15 is 0 Å². The zero-order valence-corrected chi connectivity index (χ0v) is 6.35. The van der Waals surface area contributed by atoms with Gasteiger partial charge in [0.1, 0.15) is 5.76 Å². The first kappa shape index (κ1) is 8.28. The predicted octanol–water partition coefficient (Wildman–Crippen LogP) is 2.50. The maximum atomic E-state index is 4.98. The van der Waals surface area contributed by atoms with Gasteiger partial charge in [-0.1, -0.05) is 13.0 Å². The summed E-state index contributed by atoms with van der Waals surface area (Å²) in [6, 6.07) is 0. The normalized spacial score (nSPS) is 12.6. The summed E-state index contributed by atoms with van der Waals surface area (Å²) in [5.41, 5.74) is 0. The van der Waals surface area contributed by atoms with Crippen molar-refractivity contribution in [1.29, 1.82) is 0 Å². The highest BCUT2D eigenvalue weighted by Crippen LogP contribution is 1.96. The molecule has 52 valence electrons. The van der Waals surface area contributed by atoms with Gasteiger partial charge in [-0.3, -0.25) is 0 Å². The highest BCUT2D eigenvalue weighted by Gasteiger charge is 1.81. The molecule has 0 aromatic rings. The summed E-state index contributed by atoms with van der Waals surface area (Å²) in [4.78, 5) is 0. The van der Waals surface area contributed by atoms with Gasteiger partial charge in [0.2, 0.25) is 0 Å². The number of rotatable bonds is 3. The van der Waals surface area contributed by atoms with Crippen LogP contribution in [0.1, 0.15) is 20.3 Å². The molecular formula is C8H14O. The Hall–Kier alpha value is -0.720. The minimum atomic E-state index is 0.928. The summed E-state index contributed by atoms with van der Waals surface area (Å²) in [5, 5.41) is 0. The average molecular weight is 126 g/mol. The third-order valence-electron chi connectivity index (χ3n) is 1.04. The third-order valence-corrected chi connectivity index (χ3v) is 1.04. The van der Waals surface area contributed by atoms with Crippen molar-refractivity contribution in [3.05, 3.63) is 24.0 Å². The quantitative estimate of drug-likeness (QED) is 0.417. The highest BCUT2D eigenvalue weighted by atomic mass is 16.5. The zero-order valence-electron chi connectivity index (χ0n) is 6.35. The van der Waals surface area contributed by atoms with Crippen LogP contribution >= 0.6 is 0 Å². The molecule has 0 aromatic carbocycles. The third kappa shape index (κ3) is 3.83. The van der Waals surface area contributed by atoms with Crippen molar-refractivity contribution < 1.29 is 4.74 Å². The fraction of sp³-hybridized carbons (Fsp3) is 0.500. The molecule has 0 unspecified atom stereocenters. The Morgan fingerprint density at radius 1 is 1.56 bits per heavy atom. The van der Waals surface area contributed by atoms with Crippen LogP contribution in [0.25, 0.3) is 0 Å². The second-order valence-corrected chi connectivity index (χ2v) is 1.71. The minimum absolute atomic E-state index is 0.928. The summed E-state index contributed by atoms with van der Waals surface area (Å²) >= 11 is 0.